The lowest BCUT2D eigenvalue weighted by atomic mass is 9.97. The Morgan fingerprint density at radius 1 is 1.13 bits per heavy atom. The lowest BCUT2D eigenvalue weighted by molar-refractivity contribution is -0.245. The molecule has 0 aromatic heterocycles. The molecule has 1 aromatic rings. The molecular formula is C13H20O2. The van der Waals surface area contributed by atoms with E-state index in [0.717, 1.165) is 6.42 Å². The molecule has 2 nitrogen and oxygen atoms in total. The third kappa shape index (κ3) is 4.02. The van der Waals surface area contributed by atoms with Crippen LogP contribution in [0.1, 0.15) is 37.8 Å². The Bertz CT molecular complexity index is 277. The third-order valence-electron chi connectivity index (χ3n) is 2.52. The Hall–Kier alpha value is -0.860. The summed E-state index contributed by atoms with van der Waals surface area (Å²) in [5.41, 5.74) is 2.57. The van der Waals surface area contributed by atoms with Crippen molar-refractivity contribution in [1.29, 1.82) is 0 Å². The molecule has 2 heteroatoms. The first-order valence-electron chi connectivity index (χ1n) is 5.48. The van der Waals surface area contributed by atoms with Crippen LogP contribution < -0.4 is 0 Å². The fourth-order valence-electron chi connectivity index (χ4n) is 1.66. The van der Waals surface area contributed by atoms with Gasteiger partial charge in [-0.3, -0.25) is 5.26 Å². The number of hydrogen-bond acceptors (Lipinski definition) is 2. The summed E-state index contributed by atoms with van der Waals surface area (Å²) < 4.78 is 0. The maximum atomic E-state index is 8.37. The Labute approximate surface area is 91.8 Å². The fourth-order valence-corrected chi connectivity index (χ4v) is 1.66. The van der Waals surface area contributed by atoms with Gasteiger partial charge in [0.05, 0.1) is 6.61 Å². The van der Waals surface area contributed by atoms with Gasteiger partial charge in [0.15, 0.2) is 0 Å². The van der Waals surface area contributed by atoms with Crippen LogP contribution in [0, 0.1) is 5.92 Å². The van der Waals surface area contributed by atoms with Gasteiger partial charge >= 0.3 is 0 Å². The molecule has 0 radical (unpaired) electrons. The van der Waals surface area contributed by atoms with Gasteiger partial charge in [0.2, 0.25) is 0 Å². The average molecular weight is 208 g/mol. The molecule has 0 saturated heterocycles. The summed E-state index contributed by atoms with van der Waals surface area (Å²) in [4.78, 5) is 4.15. The van der Waals surface area contributed by atoms with E-state index in [4.69, 9.17) is 5.26 Å². The van der Waals surface area contributed by atoms with Crippen molar-refractivity contribution in [3.05, 3.63) is 35.4 Å². The minimum Gasteiger partial charge on any atom is -0.252 e. The molecule has 1 rings (SSSR count). The van der Waals surface area contributed by atoms with E-state index >= 15 is 0 Å². The van der Waals surface area contributed by atoms with Crippen LogP contribution in [0.3, 0.4) is 0 Å². The van der Waals surface area contributed by atoms with E-state index in [9.17, 15) is 0 Å². The second-order valence-electron chi connectivity index (χ2n) is 4.54. The number of hydrogen-bond donors (Lipinski definition) is 1. The van der Waals surface area contributed by atoms with Gasteiger partial charge in [-0.2, -0.15) is 0 Å². The predicted octanol–water partition coefficient (Wildman–Crippen LogP) is 3.48. The molecule has 0 aliphatic carbocycles. The zero-order valence-corrected chi connectivity index (χ0v) is 9.73. The van der Waals surface area contributed by atoms with Gasteiger partial charge in [0, 0.05) is 5.92 Å². The van der Waals surface area contributed by atoms with Crippen molar-refractivity contribution in [3.8, 4) is 0 Å². The summed E-state index contributed by atoms with van der Waals surface area (Å²) in [7, 11) is 0. The zero-order valence-electron chi connectivity index (χ0n) is 9.73. The Balaban J connectivity index is 2.63. The molecule has 1 atom stereocenters. The standard InChI is InChI=1S/C13H20O2/c1-10(2)8-12-4-6-13(7-5-12)11(3)9-15-14/h4-7,10-11,14H,8-9H2,1-3H3. The summed E-state index contributed by atoms with van der Waals surface area (Å²) in [6.07, 6.45) is 1.12. The normalized spacial score (nSPS) is 13.1. The van der Waals surface area contributed by atoms with E-state index in [1.165, 1.54) is 11.1 Å². The van der Waals surface area contributed by atoms with E-state index in [2.05, 4.69) is 43.0 Å². The molecule has 1 aromatic carbocycles. The second-order valence-corrected chi connectivity index (χ2v) is 4.54. The van der Waals surface area contributed by atoms with E-state index in [1.807, 2.05) is 6.92 Å². The summed E-state index contributed by atoms with van der Waals surface area (Å²) in [6.45, 7) is 6.82. The lowest BCUT2D eigenvalue weighted by Crippen LogP contribution is -2.02. The SMILES string of the molecule is CC(C)Cc1ccc(C(C)COO)cc1. The van der Waals surface area contributed by atoms with Gasteiger partial charge in [0.1, 0.15) is 0 Å². The van der Waals surface area contributed by atoms with Gasteiger partial charge in [-0.15, -0.1) is 0 Å². The molecule has 0 heterocycles. The van der Waals surface area contributed by atoms with Crippen molar-refractivity contribution in [1.82, 2.24) is 0 Å². The first kappa shape index (κ1) is 12.2. The van der Waals surface area contributed by atoms with Crippen molar-refractivity contribution >= 4 is 0 Å². The Kier molecular flexibility index (Phi) is 4.79. The summed E-state index contributed by atoms with van der Waals surface area (Å²) in [5, 5.41) is 8.37. The Morgan fingerprint density at radius 3 is 2.20 bits per heavy atom. The quantitative estimate of drug-likeness (QED) is 0.593. The summed E-state index contributed by atoms with van der Waals surface area (Å²) >= 11 is 0. The molecule has 0 spiro atoms. The molecule has 1 N–H and O–H groups in total. The molecule has 0 bridgehead atoms. The number of rotatable bonds is 5. The lowest BCUT2D eigenvalue weighted by Gasteiger charge is -2.11. The smallest absolute Gasteiger partial charge is 0.0885 e. The highest BCUT2D eigenvalue weighted by Crippen LogP contribution is 2.17. The molecule has 15 heavy (non-hydrogen) atoms. The molecule has 0 saturated carbocycles. The highest BCUT2D eigenvalue weighted by Gasteiger charge is 2.05. The molecule has 0 aliphatic heterocycles. The van der Waals surface area contributed by atoms with E-state index in [0.29, 0.717) is 12.5 Å². The van der Waals surface area contributed by atoms with Crippen LogP contribution in [0.25, 0.3) is 0 Å². The van der Waals surface area contributed by atoms with Crippen molar-refractivity contribution in [2.45, 2.75) is 33.1 Å². The first-order chi connectivity index (χ1) is 7.13. The van der Waals surface area contributed by atoms with Crippen LogP contribution >= 0.6 is 0 Å². The maximum absolute atomic E-state index is 8.37. The zero-order chi connectivity index (χ0) is 11.3. The minimum atomic E-state index is 0.239. The van der Waals surface area contributed by atoms with Crippen LogP contribution in [0.2, 0.25) is 0 Å². The average Bonchev–Trinajstić information content (AvgIpc) is 2.18. The summed E-state index contributed by atoms with van der Waals surface area (Å²) in [5.74, 6) is 0.928. The van der Waals surface area contributed by atoms with Crippen LogP contribution in [0.5, 0.6) is 0 Å². The van der Waals surface area contributed by atoms with Gasteiger partial charge in [0.25, 0.3) is 0 Å². The number of benzene rings is 1. The van der Waals surface area contributed by atoms with Crippen molar-refractivity contribution < 1.29 is 10.1 Å². The highest BCUT2D eigenvalue weighted by atomic mass is 17.1. The van der Waals surface area contributed by atoms with Crippen molar-refractivity contribution in [3.63, 3.8) is 0 Å². The Morgan fingerprint density at radius 2 is 1.73 bits per heavy atom. The maximum Gasteiger partial charge on any atom is 0.0885 e. The largest absolute Gasteiger partial charge is 0.252 e. The van der Waals surface area contributed by atoms with E-state index < -0.39 is 0 Å². The van der Waals surface area contributed by atoms with E-state index in [-0.39, 0.29) is 5.92 Å². The highest BCUT2D eigenvalue weighted by molar-refractivity contribution is 5.25. The molecule has 0 fully saturated rings. The predicted molar refractivity (Wildman–Crippen MR) is 62.0 cm³/mol. The molecular weight excluding hydrogens is 188 g/mol. The fraction of sp³-hybridized carbons (Fsp3) is 0.538. The van der Waals surface area contributed by atoms with Gasteiger partial charge in [-0.1, -0.05) is 45.0 Å². The van der Waals surface area contributed by atoms with Crippen molar-refractivity contribution in [2.24, 2.45) is 5.92 Å². The van der Waals surface area contributed by atoms with Gasteiger partial charge in [-0.05, 0) is 23.5 Å². The third-order valence-corrected chi connectivity index (χ3v) is 2.52. The topological polar surface area (TPSA) is 29.5 Å². The van der Waals surface area contributed by atoms with Crippen LogP contribution in [0.4, 0.5) is 0 Å². The minimum absolute atomic E-state index is 0.239. The van der Waals surface area contributed by atoms with Crippen LogP contribution in [0.15, 0.2) is 24.3 Å². The van der Waals surface area contributed by atoms with Crippen LogP contribution in [-0.2, 0) is 11.3 Å². The first-order valence-corrected chi connectivity index (χ1v) is 5.48. The van der Waals surface area contributed by atoms with Crippen LogP contribution in [-0.4, -0.2) is 11.9 Å². The van der Waals surface area contributed by atoms with Crippen molar-refractivity contribution in [2.75, 3.05) is 6.61 Å². The van der Waals surface area contributed by atoms with Gasteiger partial charge in [-0.25, -0.2) is 4.89 Å². The second kappa shape index (κ2) is 5.89. The molecule has 0 aliphatic rings. The van der Waals surface area contributed by atoms with E-state index in [1.54, 1.807) is 0 Å². The molecule has 0 amide bonds. The monoisotopic (exact) mass is 208 g/mol. The summed E-state index contributed by atoms with van der Waals surface area (Å²) in [6, 6.07) is 8.54. The molecule has 1 unspecified atom stereocenters. The molecule has 84 valence electrons. The van der Waals surface area contributed by atoms with Gasteiger partial charge < -0.3 is 0 Å².